The van der Waals surface area contributed by atoms with Gasteiger partial charge in [-0.3, -0.25) is 19.3 Å². The van der Waals surface area contributed by atoms with Crippen LogP contribution >= 0.6 is 0 Å². The number of piperazine rings is 1. The van der Waals surface area contributed by atoms with Gasteiger partial charge in [-0.05, 0) is 26.0 Å². The molecule has 172 valence electrons. The lowest BCUT2D eigenvalue weighted by Crippen LogP contribution is -2.52. The number of nitrogens with one attached hydrogen (secondary N) is 2. The molecule has 0 radical (unpaired) electrons. The molecular formula is C24H32N4O4. The fourth-order valence-corrected chi connectivity index (χ4v) is 3.88. The molecule has 3 atom stereocenters. The lowest BCUT2D eigenvalue weighted by atomic mass is 9.99. The highest BCUT2D eigenvalue weighted by Crippen LogP contribution is 2.18. The van der Waals surface area contributed by atoms with Crippen LogP contribution in [0.5, 0.6) is 0 Å². The predicted octanol–water partition coefficient (Wildman–Crippen LogP) is 0.806. The highest BCUT2D eigenvalue weighted by atomic mass is 16.4. The van der Waals surface area contributed by atoms with Gasteiger partial charge in [0.25, 0.3) is 5.91 Å². The van der Waals surface area contributed by atoms with E-state index in [1.807, 2.05) is 42.5 Å². The number of benzene rings is 1. The topological polar surface area (TPSA) is 102 Å². The molecule has 0 aromatic heterocycles. The Labute approximate surface area is 189 Å². The minimum atomic E-state index is -1.13. The summed E-state index contributed by atoms with van der Waals surface area (Å²) in [7, 11) is 2.12. The van der Waals surface area contributed by atoms with Crippen LogP contribution in [0.2, 0.25) is 0 Å². The summed E-state index contributed by atoms with van der Waals surface area (Å²) in [6.45, 7) is 5.47. The molecule has 2 amide bonds. The van der Waals surface area contributed by atoms with Crippen LogP contribution in [0.3, 0.4) is 0 Å². The number of likely N-dealkylation sites (N-methyl/N-ethyl adjacent to an activating group) is 1. The molecule has 1 aromatic rings. The minimum Gasteiger partial charge on any atom is -0.480 e. The Morgan fingerprint density at radius 2 is 1.78 bits per heavy atom. The first-order valence-electron chi connectivity index (χ1n) is 11.0. The number of nitrogens with zero attached hydrogens (tertiary/aromatic N) is 2. The maximum absolute atomic E-state index is 12.9. The second kappa shape index (κ2) is 11.1. The second-order valence-corrected chi connectivity index (χ2v) is 8.45. The summed E-state index contributed by atoms with van der Waals surface area (Å²) in [5.41, 5.74) is 1.40. The van der Waals surface area contributed by atoms with Gasteiger partial charge >= 0.3 is 5.97 Å². The highest BCUT2D eigenvalue weighted by Gasteiger charge is 2.27. The second-order valence-electron chi connectivity index (χ2n) is 8.45. The van der Waals surface area contributed by atoms with Crippen molar-refractivity contribution in [3.8, 4) is 0 Å². The monoisotopic (exact) mass is 440 g/mol. The Bertz CT molecular complexity index is 875. The van der Waals surface area contributed by atoms with Gasteiger partial charge in [0.1, 0.15) is 12.1 Å². The molecule has 0 bridgehead atoms. The number of hydrogen-bond donors (Lipinski definition) is 3. The zero-order valence-corrected chi connectivity index (χ0v) is 18.7. The first kappa shape index (κ1) is 23.7. The molecule has 0 saturated carbocycles. The van der Waals surface area contributed by atoms with Crippen LogP contribution in [0.15, 0.2) is 54.1 Å². The van der Waals surface area contributed by atoms with Crippen LogP contribution in [0.25, 0.3) is 0 Å². The third-order valence-corrected chi connectivity index (χ3v) is 5.98. The van der Waals surface area contributed by atoms with E-state index in [1.54, 1.807) is 0 Å². The van der Waals surface area contributed by atoms with Crippen LogP contribution in [0.1, 0.15) is 18.9 Å². The Morgan fingerprint density at radius 3 is 2.38 bits per heavy atom. The number of hydrogen-bond acceptors (Lipinski definition) is 5. The molecule has 1 heterocycles. The van der Waals surface area contributed by atoms with Crippen LogP contribution in [0.4, 0.5) is 0 Å². The quantitative estimate of drug-likeness (QED) is 0.553. The van der Waals surface area contributed by atoms with Crippen molar-refractivity contribution >= 4 is 17.8 Å². The fraction of sp³-hybridized carbons (Fsp3) is 0.458. The Kier molecular flexibility index (Phi) is 8.19. The maximum atomic E-state index is 12.9. The van der Waals surface area contributed by atoms with E-state index in [1.165, 1.54) is 6.92 Å². The summed E-state index contributed by atoms with van der Waals surface area (Å²) in [5, 5.41) is 14.4. The number of carboxylic acid groups (broad SMARTS) is 1. The van der Waals surface area contributed by atoms with Crippen molar-refractivity contribution in [2.75, 3.05) is 33.2 Å². The summed E-state index contributed by atoms with van der Waals surface area (Å²) in [4.78, 5) is 41.5. The molecule has 1 aliphatic heterocycles. The number of carbonyl (C=O) groups is 3. The van der Waals surface area contributed by atoms with Crippen molar-refractivity contribution in [2.45, 2.75) is 37.9 Å². The van der Waals surface area contributed by atoms with Crippen LogP contribution in [-0.2, 0) is 20.8 Å². The zero-order valence-electron chi connectivity index (χ0n) is 18.7. The van der Waals surface area contributed by atoms with E-state index in [0.717, 1.165) is 38.2 Å². The van der Waals surface area contributed by atoms with Crippen molar-refractivity contribution in [3.05, 3.63) is 59.7 Å². The summed E-state index contributed by atoms with van der Waals surface area (Å²) in [6.07, 6.45) is 6.80. The number of carboxylic acids is 1. The van der Waals surface area contributed by atoms with Crippen molar-refractivity contribution in [1.29, 1.82) is 0 Å². The van der Waals surface area contributed by atoms with E-state index in [4.69, 9.17) is 5.11 Å². The van der Waals surface area contributed by atoms with E-state index in [0.29, 0.717) is 5.57 Å². The molecule has 1 aromatic carbocycles. The van der Waals surface area contributed by atoms with Crippen LogP contribution < -0.4 is 10.6 Å². The minimum absolute atomic E-state index is 0.270. The molecule has 32 heavy (non-hydrogen) atoms. The Hall–Kier alpha value is -2.97. The summed E-state index contributed by atoms with van der Waals surface area (Å²) in [5.74, 6) is -1.99. The van der Waals surface area contributed by atoms with Gasteiger partial charge in [0, 0.05) is 44.2 Å². The number of aliphatic carboxylic acids is 1. The highest BCUT2D eigenvalue weighted by molar-refractivity contribution is 5.99. The average Bonchev–Trinajstić information content (AvgIpc) is 2.79. The summed E-state index contributed by atoms with van der Waals surface area (Å²) < 4.78 is 0. The number of carbonyl (C=O) groups excluding carboxylic acids is 2. The Balaban J connectivity index is 1.63. The molecule has 2 aliphatic rings. The molecule has 8 nitrogen and oxygen atoms in total. The van der Waals surface area contributed by atoms with E-state index in [2.05, 4.69) is 33.6 Å². The van der Waals surface area contributed by atoms with Crippen molar-refractivity contribution in [1.82, 2.24) is 20.4 Å². The smallest absolute Gasteiger partial charge is 0.325 e. The van der Waals surface area contributed by atoms with Crippen molar-refractivity contribution in [3.63, 3.8) is 0 Å². The third-order valence-electron chi connectivity index (χ3n) is 5.98. The van der Waals surface area contributed by atoms with Gasteiger partial charge in [0.05, 0.1) is 0 Å². The van der Waals surface area contributed by atoms with Crippen LogP contribution in [0, 0.1) is 0 Å². The third kappa shape index (κ3) is 6.51. The summed E-state index contributed by atoms with van der Waals surface area (Å²) in [6, 6.07) is 7.68. The summed E-state index contributed by atoms with van der Waals surface area (Å²) >= 11 is 0. The molecule has 3 rings (SSSR count). The van der Waals surface area contributed by atoms with Gasteiger partial charge in [-0.2, -0.15) is 0 Å². The fourth-order valence-electron chi connectivity index (χ4n) is 3.88. The van der Waals surface area contributed by atoms with E-state index >= 15 is 0 Å². The molecular weight excluding hydrogens is 408 g/mol. The molecule has 8 heteroatoms. The van der Waals surface area contributed by atoms with E-state index in [-0.39, 0.29) is 18.4 Å². The molecule has 3 N–H and O–H groups in total. The zero-order chi connectivity index (χ0) is 23.1. The van der Waals surface area contributed by atoms with Gasteiger partial charge in [0.15, 0.2) is 0 Å². The predicted molar refractivity (Wildman–Crippen MR) is 122 cm³/mol. The molecule has 1 saturated heterocycles. The maximum Gasteiger partial charge on any atom is 0.325 e. The largest absolute Gasteiger partial charge is 0.480 e. The lowest BCUT2D eigenvalue weighted by molar-refractivity contribution is -0.141. The standard InChI is InChI=1S/C24H32N4O4/c1-17(24(31)32)25-23(30)21(16-18-6-4-3-5-7-18)26-22(29)19-8-10-20(11-9-19)28-14-12-27(2)13-15-28/h3-10,17,20-21H,11-16H2,1-2H3,(H,25,30)(H,26,29)(H,31,32)/t17-,20?,21+/m0/s1. The number of amides is 2. The normalized spacial score (nSPS) is 21.3. The Morgan fingerprint density at radius 1 is 1.09 bits per heavy atom. The SMILES string of the molecule is C[C@H](NC(=O)[C@@H](Cc1ccccc1)NC(=O)C1=CCC(N2CCN(C)CC2)C=C1)C(=O)O. The van der Waals surface area contributed by atoms with Gasteiger partial charge in [-0.15, -0.1) is 0 Å². The van der Waals surface area contributed by atoms with Crippen molar-refractivity contribution < 1.29 is 19.5 Å². The molecule has 1 aliphatic carbocycles. The molecule has 1 fully saturated rings. The van der Waals surface area contributed by atoms with Gasteiger partial charge < -0.3 is 20.6 Å². The van der Waals surface area contributed by atoms with Crippen molar-refractivity contribution in [2.24, 2.45) is 0 Å². The lowest BCUT2D eigenvalue weighted by Gasteiger charge is -2.37. The molecule has 0 spiro atoms. The van der Waals surface area contributed by atoms with Gasteiger partial charge in [-0.25, -0.2) is 0 Å². The van der Waals surface area contributed by atoms with Gasteiger partial charge in [0.2, 0.25) is 5.91 Å². The number of rotatable bonds is 8. The van der Waals surface area contributed by atoms with Gasteiger partial charge in [-0.1, -0.05) is 48.6 Å². The van der Waals surface area contributed by atoms with Crippen LogP contribution in [-0.4, -0.2) is 84.0 Å². The first-order chi connectivity index (χ1) is 15.3. The first-order valence-corrected chi connectivity index (χ1v) is 11.0. The average molecular weight is 441 g/mol. The molecule has 1 unspecified atom stereocenters. The van der Waals surface area contributed by atoms with E-state index < -0.39 is 24.0 Å². The van der Waals surface area contributed by atoms with E-state index in [9.17, 15) is 14.4 Å².